The molecule has 180 valence electrons. The molecule has 1 spiro atoms. The lowest BCUT2D eigenvalue weighted by Gasteiger charge is -2.38. The van der Waals surface area contributed by atoms with E-state index in [1.807, 2.05) is 32.0 Å². The van der Waals surface area contributed by atoms with E-state index in [2.05, 4.69) is 4.90 Å². The number of carboxylic acid groups (broad SMARTS) is 1. The second-order valence-electron chi connectivity index (χ2n) is 8.40. The number of halogens is 3. The zero-order valence-electron chi connectivity index (χ0n) is 18.6. The third-order valence-corrected chi connectivity index (χ3v) is 5.96. The van der Waals surface area contributed by atoms with Crippen molar-refractivity contribution in [1.29, 1.82) is 0 Å². The maximum absolute atomic E-state index is 12.7. The van der Waals surface area contributed by atoms with Gasteiger partial charge >= 0.3 is 12.1 Å². The molecule has 8 nitrogen and oxygen atoms in total. The van der Waals surface area contributed by atoms with Crippen molar-refractivity contribution in [2.45, 2.75) is 50.7 Å². The van der Waals surface area contributed by atoms with Crippen LogP contribution in [0, 0.1) is 6.92 Å². The number of alkyl halides is 3. The highest BCUT2D eigenvalue weighted by atomic mass is 19.4. The van der Waals surface area contributed by atoms with E-state index in [0.29, 0.717) is 12.3 Å². The number of carbonyl (C=O) groups is 3. The van der Waals surface area contributed by atoms with Crippen molar-refractivity contribution >= 4 is 17.8 Å². The normalized spacial score (nSPS) is 21.6. The summed E-state index contributed by atoms with van der Waals surface area (Å²) in [5.74, 6) is -1.42. The van der Waals surface area contributed by atoms with Crippen molar-refractivity contribution in [3.05, 3.63) is 23.7 Å². The van der Waals surface area contributed by atoms with Crippen molar-refractivity contribution in [1.82, 2.24) is 14.7 Å². The van der Waals surface area contributed by atoms with Crippen molar-refractivity contribution in [2.24, 2.45) is 0 Å². The van der Waals surface area contributed by atoms with Gasteiger partial charge in [-0.2, -0.15) is 13.2 Å². The maximum Gasteiger partial charge on any atom is 0.490 e. The number of likely N-dealkylation sites (N-methyl/N-ethyl adjacent to an activating group) is 1. The highest BCUT2D eigenvalue weighted by molar-refractivity contribution is 5.91. The maximum atomic E-state index is 12.7. The standard InChI is InChI=1S/C19H29N3O3.C2HF3O2/c1-15-6-7-16(25-15)18(24)21-11-4-8-19(10-13-21)9-5-12-22(19)14-17(23)20(2)3;3-2(4,5)1(6)7/h6-7H,4-5,8-14H2,1-3H3;(H,6,7). The summed E-state index contributed by atoms with van der Waals surface area (Å²) in [6.07, 6.45) is 0.119. The molecule has 2 saturated heterocycles. The molecular formula is C21H30F3N3O5. The molecule has 0 bridgehead atoms. The van der Waals surface area contributed by atoms with Gasteiger partial charge in [0.2, 0.25) is 5.91 Å². The lowest BCUT2D eigenvalue weighted by molar-refractivity contribution is -0.192. The van der Waals surface area contributed by atoms with Crippen molar-refractivity contribution in [2.75, 3.05) is 40.3 Å². The average Bonchev–Trinajstić information content (AvgIpc) is 3.23. The van der Waals surface area contributed by atoms with E-state index in [1.54, 1.807) is 11.0 Å². The molecule has 32 heavy (non-hydrogen) atoms. The smallest absolute Gasteiger partial charge is 0.475 e. The summed E-state index contributed by atoms with van der Waals surface area (Å²) in [6, 6.07) is 3.59. The van der Waals surface area contributed by atoms with Crippen LogP contribution >= 0.6 is 0 Å². The zero-order chi connectivity index (χ0) is 24.1. The number of carboxylic acids is 1. The zero-order valence-corrected chi connectivity index (χ0v) is 18.6. The molecular weight excluding hydrogens is 431 g/mol. The minimum Gasteiger partial charge on any atom is -0.475 e. The fourth-order valence-electron chi connectivity index (χ4n) is 4.20. The predicted molar refractivity (Wildman–Crippen MR) is 109 cm³/mol. The Morgan fingerprint density at radius 1 is 1.09 bits per heavy atom. The van der Waals surface area contributed by atoms with Crippen LogP contribution in [0.3, 0.4) is 0 Å². The van der Waals surface area contributed by atoms with Crippen LogP contribution in [0.15, 0.2) is 16.5 Å². The highest BCUT2D eigenvalue weighted by Crippen LogP contribution is 2.38. The predicted octanol–water partition coefficient (Wildman–Crippen LogP) is 2.77. The van der Waals surface area contributed by atoms with Gasteiger partial charge in [0.25, 0.3) is 5.91 Å². The van der Waals surface area contributed by atoms with E-state index in [-0.39, 0.29) is 17.4 Å². The molecule has 1 atom stereocenters. The monoisotopic (exact) mass is 461 g/mol. The summed E-state index contributed by atoms with van der Waals surface area (Å²) in [4.78, 5) is 39.7. The third-order valence-electron chi connectivity index (χ3n) is 5.96. The van der Waals surface area contributed by atoms with E-state index >= 15 is 0 Å². The molecule has 0 aromatic carbocycles. The number of amides is 2. The van der Waals surface area contributed by atoms with Crippen LogP contribution < -0.4 is 0 Å². The fourth-order valence-corrected chi connectivity index (χ4v) is 4.20. The number of furan rings is 1. The topological polar surface area (TPSA) is 94.3 Å². The number of aliphatic carboxylic acids is 1. The Balaban J connectivity index is 0.000000451. The number of likely N-dealkylation sites (tertiary alicyclic amines) is 2. The van der Waals surface area contributed by atoms with Gasteiger partial charge in [-0.05, 0) is 57.7 Å². The molecule has 2 amide bonds. The molecule has 3 heterocycles. The van der Waals surface area contributed by atoms with E-state index in [9.17, 15) is 22.8 Å². The Morgan fingerprint density at radius 3 is 2.19 bits per heavy atom. The highest BCUT2D eigenvalue weighted by Gasteiger charge is 2.43. The minimum atomic E-state index is -5.08. The van der Waals surface area contributed by atoms with E-state index in [1.165, 1.54) is 0 Å². The molecule has 0 radical (unpaired) electrons. The number of carbonyl (C=O) groups excluding carboxylic acids is 2. The molecule has 2 aliphatic heterocycles. The lowest BCUT2D eigenvalue weighted by atomic mass is 9.87. The Morgan fingerprint density at radius 2 is 1.69 bits per heavy atom. The van der Waals surface area contributed by atoms with Crippen LogP contribution in [0.5, 0.6) is 0 Å². The summed E-state index contributed by atoms with van der Waals surface area (Å²) in [5.41, 5.74) is 0.0692. The van der Waals surface area contributed by atoms with Gasteiger partial charge in [-0.25, -0.2) is 4.79 Å². The number of hydrogen-bond donors (Lipinski definition) is 1. The SMILES string of the molecule is Cc1ccc(C(=O)N2CCCC3(CCCN3CC(=O)N(C)C)CC2)o1.O=C(O)C(F)(F)F. The molecule has 1 aromatic rings. The second-order valence-corrected chi connectivity index (χ2v) is 8.40. The molecule has 0 aliphatic carbocycles. The van der Waals surface area contributed by atoms with E-state index in [0.717, 1.165) is 57.5 Å². The van der Waals surface area contributed by atoms with Crippen molar-refractivity contribution < 1.29 is 37.1 Å². The van der Waals surface area contributed by atoms with Crippen LogP contribution in [0.4, 0.5) is 13.2 Å². The first-order valence-corrected chi connectivity index (χ1v) is 10.5. The Hall–Kier alpha value is -2.56. The molecule has 2 aliphatic rings. The van der Waals surface area contributed by atoms with Crippen LogP contribution in [-0.4, -0.2) is 89.6 Å². The lowest BCUT2D eigenvalue weighted by Crippen LogP contribution is -2.48. The molecule has 11 heteroatoms. The van der Waals surface area contributed by atoms with E-state index in [4.69, 9.17) is 14.3 Å². The molecule has 1 unspecified atom stereocenters. The third kappa shape index (κ3) is 6.47. The fraction of sp³-hybridized carbons (Fsp3) is 0.667. The van der Waals surface area contributed by atoms with Gasteiger partial charge in [0, 0.05) is 32.7 Å². The number of nitrogens with zero attached hydrogens (tertiary/aromatic N) is 3. The van der Waals surface area contributed by atoms with Crippen LogP contribution in [0.25, 0.3) is 0 Å². The number of aryl methyl sites for hydroxylation is 1. The van der Waals surface area contributed by atoms with Crippen LogP contribution in [0.1, 0.15) is 48.4 Å². The molecule has 3 rings (SSSR count). The van der Waals surface area contributed by atoms with E-state index < -0.39 is 12.1 Å². The summed E-state index contributed by atoms with van der Waals surface area (Å²) in [7, 11) is 3.62. The van der Waals surface area contributed by atoms with Crippen LogP contribution in [0.2, 0.25) is 0 Å². The first kappa shape index (κ1) is 25.7. The summed E-state index contributed by atoms with van der Waals surface area (Å²) in [6.45, 7) is 4.80. The second kappa shape index (κ2) is 10.4. The van der Waals surface area contributed by atoms with Crippen molar-refractivity contribution in [3.63, 3.8) is 0 Å². The number of rotatable bonds is 3. The Labute approximate surface area is 184 Å². The first-order valence-electron chi connectivity index (χ1n) is 10.5. The summed E-state index contributed by atoms with van der Waals surface area (Å²) >= 11 is 0. The first-order chi connectivity index (χ1) is 14.9. The Kier molecular flexibility index (Phi) is 8.33. The van der Waals surface area contributed by atoms with Gasteiger partial charge < -0.3 is 19.3 Å². The Bertz CT molecular complexity index is 824. The molecule has 2 fully saturated rings. The summed E-state index contributed by atoms with van der Waals surface area (Å²) < 4.78 is 37.2. The van der Waals surface area contributed by atoms with Gasteiger partial charge in [0.05, 0.1) is 6.54 Å². The van der Waals surface area contributed by atoms with Crippen molar-refractivity contribution in [3.8, 4) is 0 Å². The van der Waals surface area contributed by atoms with Gasteiger partial charge in [-0.3, -0.25) is 14.5 Å². The van der Waals surface area contributed by atoms with Gasteiger partial charge in [-0.15, -0.1) is 0 Å². The molecule has 0 saturated carbocycles. The molecule has 1 aromatic heterocycles. The average molecular weight is 461 g/mol. The van der Waals surface area contributed by atoms with Gasteiger partial charge in [0.15, 0.2) is 5.76 Å². The quantitative estimate of drug-likeness (QED) is 0.744. The number of hydrogen-bond acceptors (Lipinski definition) is 5. The minimum absolute atomic E-state index is 0.0148. The van der Waals surface area contributed by atoms with Gasteiger partial charge in [-0.1, -0.05) is 0 Å². The van der Waals surface area contributed by atoms with Gasteiger partial charge in [0.1, 0.15) is 5.76 Å². The summed E-state index contributed by atoms with van der Waals surface area (Å²) in [5, 5.41) is 7.12. The molecule has 1 N–H and O–H groups in total. The largest absolute Gasteiger partial charge is 0.490 e. The van der Waals surface area contributed by atoms with Crippen LogP contribution in [-0.2, 0) is 9.59 Å².